The quantitative estimate of drug-likeness (QED) is 0.857. The summed E-state index contributed by atoms with van der Waals surface area (Å²) >= 11 is 0. The zero-order valence-corrected chi connectivity index (χ0v) is 12.4. The van der Waals surface area contributed by atoms with E-state index in [0.29, 0.717) is 5.92 Å². The van der Waals surface area contributed by atoms with Crippen LogP contribution in [0.15, 0.2) is 42.7 Å². The van der Waals surface area contributed by atoms with Gasteiger partial charge in [0.05, 0.1) is 0 Å². The molecule has 0 amide bonds. The molecule has 3 heteroatoms. The number of benzene rings is 1. The highest BCUT2D eigenvalue weighted by molar-refractivity contribution is 5.41. The van der Waals surface area contributed by atoms with Crippen molar-refractivity contribution in [3.63, 3.8) is 0 Å². The predicted molar refractivity (Wildman–Crippen MR) is 82.2 cm³/mol. The van der Waals surface area contributed by atoms with Crippen molar-refractivity contribution in [1.29, 1.82) is 0 Å². The molecule has 20 heavy (non-hydrogen) atoms. The molecule has 1 N–H and O–H groups in total. The summed E-state index contributed by atoms with van der Waals surface area (Å²) in [7, 11) is 1.92. The van der Waals surface area contributed by atoms with E-state index < -0.39 is 0 Å². The van der Waals surface area contributed by atoms with E-state index in [4.69, 9.17) is 4.74 Å². The number of pyridine rings is 1. The highest BCUT2D eigenvalue weighted by Gasteiger charge is 2.11. The maximum absolute atomic E-state index is 6.14. The summed E-state index contributed by atoms with van der Waals surface area (Å²) in [6.45, 7) is 5.16. The summed E-state index contributed by atoms with van der Waals surface area (Å²) in [5.74, 6) is 2.29. The summed E-state index contributed by atoms with van der Waals surface area (Å²) in [6.07, 6.45) is 4.71. The van der Waals surface area contributed by atoms with Gasteiger partial charge in [0, 0.05) is 24.5 Å². The van der Waals surface area contributed by atoms with E-state index in [9.17, 15) is 0 Å². The molecule has 0 saturated carbocycles. The Balaban J connectivity index is 2.30. The molecule has 0 fully saturated rings. The standard InChI is InChI=1S/C17H22N2O/c1-4-13(2)15-7-5-6-8-17(15)20-16-9-10-19-12-14(16)11-18-3/h5-10,12-13,18H,4,11H2,1-3H3. The van der Waals surface area contributed by atoms with Gasteiger partial charge in [-0.2, -0.15) is 0 Å². The lowest BCUT2D eigenvalue weighted by Gasteiger charge is -2.17. The van der Waals surface area contributed by atoms with Crippen molar-refractivity contribution in [3.8, 4) is 11.5 Å². The van der Waals surface area contributed by atoms with E-state index in [1.807, 2.05) is 31.4 Å². The number of nitrogens with zero attached hydrogens (tertiary/aromatic N) is 1. The Morgan fingerprint density at radius 2 is 2.00 bits per heavy atom. The Morgan fingerprint density at radius 1 is 1.20 bits per heavy atom. The van der Waals surface area contributed by atoms with Crippen molar-refractivity contribution in [2.24, 2.45) is 0 Å². The van der Waals surface area contributed by atoms with Gasteiger partial charge in [0.15, 0.2) is 0 Å². The lowest BCUT2D eigenvalue weighted by atomic mass is 9.98. The fourth-order valence-electron chi connectivity index (χ4n) is 2.16. The van der Waals surface area contributed by atoms with Gasteiger partial charge in [-0.25, -0.2) is 0 Å². The second-order valence-electron chi connectivity index (χ2n) is 4.96. The zero-order valence-electron chi connectivity index (χ0n) is 12.4. The smallest absolute Gasteiger partial charge is 0.135 e. The van der Waals surface area contributed by atoms with Crippen molar-refractivity contribution in [3.05, 3.63) is 53.9 Å². The van der Waals surface area contributed by atoms with Crippen molar-refractivity contribution in [2.75, 3.05) is 7.05 Å². The summed E-state index contributed by atoms with van der Waals surface area (Å²) in [5, 5.41) is 3.14. The number of para-hydroxylation sites is 1. The maximum atomic E-state index is 6.14. The van der Waals surface area contributed by atoms with Crippen LogP contribution in [0.2, 0.25) is 0 Å². The van der Waals surface area contributed by atoms with Crippen LogP contribution in [0.3, 0.4) is 0 Å². The minimum atomic E-state index is 0.487. The van der Waals surface area contributed by atoms with Crippen LogP contribution in [0, 0.1) is 0 Å². The molecule has 2 aromatic rings. The minimum Gasteiger partial charge on any atom is -0.457 e. The zero-order chi connectivity index (χ0) is 14.4. The molecule has 0 spiro atoms. The first-order valence-corrected chi connectivity index (χ1v) is 7.10. The molecule has 0 aliphatic heterocycles. The lowest BCUT2D eigenvalue weighted by Crippen LogP contribution is -2.07. The molecule has 0 radical (unpaired) electrons. The Hall–Kier alpha value is -1.87. The monoisotopic (exact) mass is 270 g/mol. The number of aromatic nitrogens is 1. The van der Waals surface area contributed by atoms with E-state index in [-0.39, 0.29) is 0 Å². The molecular weight excluding hydrogens is 248 g/mol. The van der Waals surface area contributed by atoms with E-state index in [0.717, 1.165) is 30.0 Å². The van der Waals surface area contributed by atoms with Gasteiger partial charge in [-0.15, -0.1) is 0 Å². The predicted octanol–water partition coefficient (Wildman–Crippen LogP) is 4.11. The number of rotatable bonds is 6. The van der Waals surface area contributed by atoms with Crippen LogP contribution in [-0.2, 0) is 6.54 Å². The average Bonchev–Trinajstić information content (AvgIpc) is 2.49. The molecule has 0 bridgehead atoms. The molecule has 0 saturated heterocycles. The van der Waals surface area contributed by atoms with Gasteiger partial charge in [0.1, 0.15) is 11.5 Å². The number of ether oxygens (including phenoxy) is 1. The topological polar surface area (TPSA) is 34.1 Å². The van der Waals surface area contributed by atoms with Gasteiger partial charge >= 0.3 is 0 Å². The minimum absolute atomic E-state index is 0.487. The van der Waals surface area contributed by atoms with Gasteiger partial charge in [0.25, 0.3) is 0 Å². The number of hydrogen-bond donors (Lipinski definition) is 1. The van der Waals surface area contributed by atoms with Crippen LogP contribution in [0.4, 0.5) is 0 Å². The average molecular weight is 270 g/mol. The third-order valence-corrected chi connectivity index (χ3v) is 3.51. The second kappa shape index (κ2) is 7.06. The fourth-order valence-corrected chi connectivity index (χ4v) is 2.16. The van der Waals surface area contributed by atoms with Crippen LogP contribution in [0.5, 0.6) is 11.5 Å². The van der Waals surface area contributed by atoms with Gasteiger partial charge in [-0.3, -0.25) is 4.98 Å². The van der Waals surface area contributed by atoms with E-state index >= 15 is 0 Å². The van der Waals surface area contributed by atoms with Crippen molar-refractivity contribution < 1.29 is 4.74 Å². The van der Waals surface area contributed by atoms with Gasteiger partial charge in [-0.05, 0) is 37.1 Å². The first kappa shape index (κ1) is 14.5. The van der Waals surface area contributed by atoms with Gasteiger partial charge < -0.3 is 10.1 Å². The molecule has 106 valence electrons. The third kappa shape index (κ3) is 3.36. The molecule has 1 atom stereocenters. The highest BCUT2D eigenvalue weighted by Crippen LogP contribution is 2.33. The summed E-state index contributed by atoms with van der Waals surface area (Å²) in [4.78, 5) is 4.16. The Kier molecular flexibility index (Phi) is 5.13. The van der Waals surface area contributed by atoms with Gasteiger partial charge in [-0.1, -0.05) is 32.0 Å². The Morgan fingerprint density at radius 3 is 2.75 bits per heavy atom. The van der Waals surface area contributed by atoms with Crippen molar-refractivity contribution in [2.45, 2.75) is 32.7 Å². The highest BCUT2D eigenvalue weighted by atomic mass is 16.5. The second-order valence-corrected chi connectivity index (χ2v) is 4.96. The Bertz CT molecular complexity index is 554. The molecule has 2 rings (SSSR count). The van der Waals surface area contributed by atoms with Crippen LogP contribution in [0.1, 0.15) is 37.3 Å². The normalized spacial score (nSPS) is 12.2. The Labute approximate surface area is 121 Å². The van der Waals surface area contributed by atoms with Crippen molar-refractivity contribution >= 4 is 0 Å². The summed E-state index contributed by atoms with van der Waals surface area (Å²) in [5.41, 5.74) is 2.32. The first-order valence-electron chi connectivity index (χ1n) is 7.10. The van der Waals surface area contributed by atoms with Crippen LogP contribution >= 0.6 is 0 Å². The van der Waals surface area contributed by atoms with Crippen LogP contribution in [-0.4, -0.2) is 12.0 Å². The SMILES string of the molecule is CCC(C)c1ccccc1Oc1ccncc1CNC. The molecule has 3 nitrogen and oxygen atoms in total. The van der Waals surface area contributed by atoms with E-state index in [1.165, 1.54) is 5.56 Å². The van der Waals surface area contributed by atoms with Crippen molar-refractivity contribution in [1.82, 2.24) is 10.3 Å². The lowest BCUT2D eigenvalue weighted by molar-refractivity contribution is 0.462. The van der Waals surface area contributed by atoms with E-state index in [1.54, 1.807) is 6.20 Å². The molecule has 1 aromatic heterocycles. The number of hydrogen-bond acceptors (Lipinski definition) is 3. The molecule has 0 aliphatic carbocycles. The maximum Gasteiger partial charge on any atom is 0.135 e. The molecule has 1 unspecified atom stereocenters. The molecule has 1 aromatic carbocycles. The van der Waals surface area contributed by atoms with E-state index in [2.05, 4.69) is 36.3 Å². The molecule has 1 heterocycles. The third-order valence-electron chi connectivity index (χ3n) is 3.51. The fraction of sp³-hybridized carbons (Fsp3) is 0.353. The summed E-state index contributed by atoms with van der Waals surface area (Å²) < 4.78 is 6.14. The molecule has 0 aliphatic rings. The van der Waals surface area contributed by atoms with Crippen LogP contribution in [0.25, 0.3) is 0 Å². The van der Waals surface area contributed by atoms with Crippen LogP contribution < -0.4 is 10.1 Å². The largest absolute Gasteiger partial charge is 0.457 e. The first-order chi connectivity index (χ1) is 9.76. The van der Waals surface area contributed by atoms with Gasteiger partial charge in [0.2, 0.25) is 0 Å². The summed E-state index contributed by atoms with van der Waals surface area (Å²) in [6, 6.07) is 10.2. The molecular formula is C17H22N2O. The number of nitrogens with one attached hydrogen (secondary N) is 1.